The number of hydrogen-bond donors (Lipinski definition) is 3. The van der Waals surface area contributed by atoms with Crippen LogP contribution >= 0.6 is 0 Å². The lowest BCUT2D eigenvalue weighted by Gasteiger charge is -2.22. The normalized spacial score (nSPS) is 16.0. The maximum absolute atomic E-state index is 11.8. The van der Waals surface area contributed by atoms with Crippen molar-refractivity contribution in [2.24, 2.45) is 0 Å². The van der Waals surface area contributed by atoms with Crippen LogP contribution in [0.1, 0.15) is 42.5 Å². The van der Waals surface area contributed by atoms with Crippen LogP contribution in [0.2, 0.25) is 0 Å². The molecule has 2 rings (SSSR count). The van der Waals surface area contributed by atoms with Gasteiger partial charge in [0.15, 0.2) is 11.5 Å². The Bertz CT molecular complexity index is 455. The van der Waals surface area contributed by atoms with Gasteiger partial charge in [0.25, 0.3) is 5.91 Å². The van der Waals surface area contributed by atoms with E-state index in [2.05, 4.69) is 5.32 Å². The van der Waals surface area contributed by atoms with Gasteiger partial charge in [0.2, 0.25) is 0 Å². The van der Waals surface area contributed by atoms with Crippen molar-refractivity contribution in [3.05, 3.63) is 23.8 Å². The SMILES string of the molecule is O=C(NCCOC1CCCCC1)c1cccc(O)c1O. The quantitative estimate of drug-likeness (QED) is 0.570. The molecule has 0 saturated heterocycles. The monoisotopic (exact) mass is 279 g/mol. The molecule has 1 saturated carbocycles. The van der Waals surface area contributed by atoms with Crippen molar-refractivity contribution in [1.29, 1.82) is 0 Å². The fourth-order valence-corrected chi connectivity index (χ4v) is 2.43. The van der Waals surface area contributed by atoms with Gasteiger partial charge in [-0.25, -0.2) is 0 Å². The van der Waals surface area contributed by atoms with Crippen LogP contribution in [0.4, 0.5) is 0 Å². The highest BCUT2D eigenvalue weighted by Crippen LogP contribution is 2.27. The van der Waals surface area contributed by atoms with Gasteiger partial charge >= 0.3 is 0 Å². The maximum Gasteiger partial charge on any atom is 0.255 e. The average molecular weight is 279 g/mol. The number of phenols is 2. The second-order valence-electron chi connectivity index (χ2n) is 5.06. The Morgan fingerprint density at radius 2 is 2.00 bits per heavy atom. The Morgan fingerprint density at radius 3 is 2.75 bits per heavy atom. The number of hydrogen-bond acceptors (Lipinski definition) is 4. The van der Waals surface area contributed by atoms with Crippen molar-refractivity contribution < 1.29 is 19.7 Å². The molecule has 20 heavy (non-hydrogen) atoms. The number of nitrogens with one attached hydrogen (secondary N) is 1. The third kappa shape index (κ3) is 3.87. The van der Waals surface area contributed by atoms with Gasteiger partial charge < -0.3 is 20.3 Å². The van der Waals surface area contributed by atoms with Gasteiger partial charge in [-0.15, -0.1) is 0 Å². The minimum absolute atomic E-state index is 0.0719. The lowest BCUT2D eigenvalue weighted by molar-refractivity contribution is 0.0299. The number of benzene rings is 1. The first-order valence-corrected chi connectivity index (χ1v) is 7.09. The minimum atomic E-state index is -0.411. The Hall–Kier alpha value is -1.75. The largest absolute Gasteiger partial charge is 0.504 e. The first-order chi connectivity index (χ1) is 9.68. The number of amides is 1. The molecular formula is C15H21NO4. The predicted molar refractivity (Wildman–Crippen MR) is 74.9 cm³/mol. The fourth-order valence-electron chi connectivity index (χ4n) is 2.43. The summed E-state index contributed by atoms with van der Waals surface area (Å²) < 4.78 is 5.70. The number of ether oxygens (including phenoxy) is 1. The van der Waals surface area contributed by atoms with E-state index in [1.54, 1.807) is 0 Å². The smallest absolute Gasteiger partial charge is 0.255 e. The molecule has 3 N–H and O–H groups in total. The van der Waals surface area contributed by atoms with Gasteiger partial charge in [-0.3, -0.25) is 4.79 Å². The molecule has 5 nitrogen and oxygen atoms in total. The summed E-state index contributed by atoms with van der Waals surface area (Å²) in [5.41, 5.74) is 0.0719. The lowest BCUT2D eigenvalue weighted by atomic mass is 9.98. The fraction of sp³-hybridized carbons (Fsp3) is 0.533. The van der Waals surface area contributed by atoms with E-state index in [0.717, 1.165) is 12.8 Å². The number of carbonyl (C=O) groups excluding carboxylic acids is 1. The first kappa shape index (κ1) is 14.7. The van der Waals surface area contributed by atoms with Gasteiger partial charge in [-0.1, -0.05) is 25.3 Å². The van der Waals surface area contributed by atoms with E-state index in [1.807, 2.05) is 0 Å². The molecule has 1 aliphatic carbocycles. The first-order valence-electron chi connectivity index (χ1n) is 7.09. The van der Waals surface area contributed by atoms with Crippen LogP contribution in [0.5, 0.6) is 11.5 Å². The van der Waals surface area contributed by atoms with Crippen LogP contribution in [0.15, 0.2) is 18.2 Å². The Labute approximate surface area is 118 Å². The number of phenolic OH excluding ortho intramolecular Hbond substituents is 2. The third-order valence-electron chi connectivity index (χ3n) is 3.55. The summed E-state index contributed by atoms with van der Waals surface area (Å²) in [6, 6.07) is 4.31. The van der Waals surface area contributed by atoms with Gasteiger partial charge in [-0.05, 0) is 25.0 Å². The van der Waals surface area contributed by atoms with E-state index in [4.69, 9.17) is 4.74 Å². The zero-order chi connectivity index (χ0) is 14.4. The second-order valence-corrected chi connectivity index (χ2v) is 5.06. The molecule has 0 aromatic heterocycles. The molecule has 0 bridgehead atoms. The summed E-state index contributed by atoms with van der Waals surface area (Å²) in [7, 11) is 0. The molecule has 0 atom stereocenters. The highest BCUT2D eigenvalue weighted by molar-refractivity contribution is 5.97. The summed E-state index contributed by atoms with van der Waals surface area (Å²) in [5.74, 6) is -1.10. The van der Waals surface area contributed by atoms with Gasteiger partial charge in [-0.2, -0.15) is 0 Å². The maximum atomic E-state index is 11.8. The summed E-state index contributed by atoms with van der Waals surface area (Å²) >= 11 is 0. The molecule has 0 heterocycles. The molecule has 0 unspecified atom stereocenters. The molecule has 1 aromatic rings. The van der Waals surface area contributed by atoms with Crippen molar-refractivity contribution >= 4 is 5.91 Å². The molecule has 0 radical (unpaired) electrons. The topological polar surface area (TPSA) is 78.8 Å². The molecule has 1 aliphatic rings. The summed E-state index contributed by atoms with van der Waals surface area (Å²) in [4.78, 5) is 11.8. The number of para-hydroxylation sites is 1. The molecule has 1 amide bonds. The van der Waals surface area contributed by atoms with Crippen LogP contribution in [0, 0.1) is 0 Å². The number of rotatable bonds is 5. The summed E-state index contributed by atoms with van der Waals surface area (Å²) in [6.07, 6.45) is 6.23. The molecule has 0 aliphatic heterocycles. The van der Waals surface area contributed by atoms with Crippen LogP contribution in [0.25, 0.3) is 0 Å². The zero-order valence-electron chi connectivity index (χ0n) is 11.5. The Morgan fingerprint density at radius 1 is 1.25 bits per heavy atom. The van der Waals surface area contributed by atoms with Gasteiger partial charge in [0.05, 0.1) is 18.3 Å². The van der Waals surface area contributed by atoms with Crippen molar-refractivity contribution in [2.45, 2.75) is 38.2 Å². The lowest BCUT2D eigenvalue weighted by Crippen LogP contribution is -2.29. The van der Waals surface area contributed by atoms with Crippen LogP contribution in [-0.4, -0.2) is 35.4 Å². The van der Waals surface area contributed by atoms with E-state index in [9.17, 15) is 15.0 Å². The Kier molecular flexibility index (Phi) is 5.24. The summed E-state index contributed by atoms with van der Waals surface area (Å²) in [6.45, 7) is 0.862. The van der Waals surface area contributed by atoms with Crippen molar-refractivity contribution in [3.8, 4) is 11.5 Å². The molecule has 0 spiro atoms. The van der Waals surface area contributed by atoms with E-state index >= 15 is 0 Å². The highest BCUT2D eigenvalue weighted by Gasteiger charge is 2.15. The third-order valence-corrected chi connectivity index (χ3v) is 3.55. The van der Waals surface area contributed by atoms with E-state index < -0.39 is 11.7 Å². The predicted octanol–water partition coefficient (Wildman–Crippen LogP) is 2.18. The van der Waals surface area contributed by atoms with Crippen molar-refractivity contribution in [1.82, 2.24) is 5.32 Å². The van der Waals surface area contributed by atoms with Crippen LogP contribution in [0.3, 0.4) is 0 Å². The molecule has 5 heteroatoms. The highest BCUT2D eigenvalue weighted by atomic mass is 16.5. The molecule has 1 fully saturated rings. The van der Waals surface area contributed by atoms with Gasteiger partial charge in [0, 0.05) is 6.54 Å². The average Bonchev–Trinajstić information content (AvgIpc) is 2.47. The van der Waals surface area contributed by atoms with E-state index in [0.29, 0.717) is 19.3 Å². The zero-order valence-corrected chi connectivity index (χ0v) is 11.5. The molecule has 110 valence electrons. The van der Waals surface area contributed by atoms with E-state index in [1.165, 1.54) is 37.5 Å². The number of aromatic hydroxyl groups is 2. The molecular weight excluding hydrogens is 258 g/mol. The second kappa shape index (κ2) is 7.14. The Balaban J connectivity index is 1.73. The number of carbonyl (C=O) groups is 1. The minimum Gasteiger partial charge on any atom is -0.504 e. The van der Waals surface area contributed by atoms with Crippen molar-refractivity contribution in [3.63, 3.8) is 0 Å². The molecule has 1 aromatic carbocycles. The van der Waals surface area contributed by atoms with Gasteiger partial charge in [0.1, 0.15) is 0 Å². The van der Waals surface area contributed by atoms with Crippen LogP contribution in [-0.2, 0) is 4.74 Å². The van der Waals surface area contributed by atoms with Crippen LogP contribution < -0.4 is 5.32 Å². The van der Waals surface area contributed by atoms with Crippen molar-refractivity contribution in [2.75, 3.05) is 13.2 Å². The summed E-state index contributed by atoms with van der Waals surface area (Å²) in [5, 5.41) is 21.6. The van der Waals surface area contributed by atoms with E-state index in [-0.39, 0.29) is 11.3 Å². The standard InChI is InChI=1S/C15H21NO4/c17-13-8-4-7-12(14(13)18)15(19)16-9-10-20-11-5-2-1-3-6-11/h4,7-8,11,17-18H,1-3,5-6,9-10H2,(H,16,19).